The molecule has 3 nitrogen and oxygen atoms in total. The van der Waals surface area contributed by atoms with E-state index < -0.39 is 0 Å². The Morgan fingerprint density at radius 3 is 1.38 bits per heavy atom. The number of ether oxygens (including phenoxy) is 1. The molecule has 0 fully saturated rings. The zero-order valence-corrected chi connectivity index (χ0v) is 18.2. The smallest absolute Gasteiger partial charge is 0.409 e. The molecule has 0 aromatic heterocycles. The van der Waals surface area contributed by atoms with Gasteiger partial charge in [0.25, 0.3) is 0 Å². The highest BCUT2D eigenvalue weighted by Crippen LogP contribution is 2.11. The number of hydrogen-bond acceptors (Lipinski definition) is 2. The molecule has 3 heteroatoms. The summed E-state index contributed by atoms with van der Waals surface area (Å²) < 4.78 is 5.45. The number of hydrogen-bond donors (Lipinski definition) is 0. The van der Waals surface area contributed by atoms with Crippen LogP contribution in [0.4, 0.5) is 4.79 Å². The van der Waals surface area contributed by atoms with Gasteiger partial charge >= 0.3 is 6.09 Å². The summed E-state index contributed by atoms with van der Waals surface area (Å²) in [6, 6.07) is 0. The number of unbranched alkanes of at least 4 members (excludes halogenated alkanes) is 13. The van der Waals surface area contributed by atoms with E-state index in [1.807, 2.05) is 4.90 Å². The molecule has 0 rings (SSSR count). The average Bonchev–Trinajstić information content (AvgIpc) is 2.65. The number of amides is 1. The molecule has 26 heavy (non-hydrogen) atoms. The first kappa shape index (κ1) is 25.3. The van der Waals surface area contributed by atoms with Crippen molar-refractivity contribution < 1.29 is 9.53 Å². The molecule has 0 bridgehead atoms. The normalized spacial score (nSPS) is 10.9. The molecule has 0 aromatic rings. The van der Waals surface area contributed by atoms with Crippen molar-refractivity contribution in [3.63, 3.8) is 0 Å². The van der Waals surface area contributed by atoms with Crippen LogP contribution in [0.15, 0.2) is 0 Å². The number of nitrogens with zero attached hydrogens (tertiary/aromatic N) is 1. The lowest BCUT2D eigenvalue weighted by molar-refractivity contribution is 0.0994. The molecule has 156 valence electrons. The number of carbonyl (C=O) groups is 1. The van der Waals surface area contributed by atoms with Gasteiger partial charge in [-0.25, -0.2) is 4.79 Å². The van der Waals surface area contributed by atoms with E-state index in [-0.39, 0.29) is 6.09 Å². The molecule has 0 aliphatic carbocycles. The van der Waals surface area contributed by atoms with Crippen LogP contribution in [-0.2, 0) is 4.74 Å². The van der Waals surface area contributed by atoms with E-state index in [1.54, 1.807) is 0 Å². The van der Waals surface area contributed by atoms with Crippen molar-refractivity contribution in [1.82, 2.24) is 4.90 Å². The van der Waals surface area contributed by atoms with Crippen LogP contribution >= 0.6 is 0 Å². The fourth-order valence-corrected chi connectivity index (χ4v) is 3.21. The highest BCUT2D eigenvalue weighted by molar-refractivity contribution is 5.67. The molecule has 0 N–H and O–H groups in total. The lowest BCUT2D eigenvalue weighted by Crippen LogP contribution is -2.33. The molecule has 0 aliphatic heterocycles. The summed E-state index contributed by atoms with van der Waals surface area (Å²) in [5.41, 5.74) is 0. The topological polar surface area (TPSA) is 29.5 Å². The minimum Gasteiger partial charge on any atom is -0.449 e. The number of rotatable bonds is 19. The Kier molecular flexibility index (Phi) is 20.0. The van der Waals surface area contributed by atoms with E-state index >= 15 is 0 Å². The van der Waals surface area contributed by atoms with Crippen molar-refractivity contribution in [2.75, 3.05) is 19.7 Å². The summed E-state index contributed by atoms with van der Waals surface area (Å²) >= 11 is 0. The Morgan fingerprint density at radius 2 is 0.962 bits per heavy atom. The first-order valence-corrected chi connectivity index (χ1v) is 11.7. The molecule has 0 radical (unpaired) electrons. The van der Waals surface area contributed by atoms with Crippen LogP contribution in [-0.4, -0.2) is 30.7 Å². The molecule has 0 atom stereocenters. The Morgan fingerprint density at radius 1 is 0.577 bits per heavy atom. The molecule has 0 saturated heterocycles. The van der Waals surface area contributed by atoms with E-state index in [2.05, 4.69) is 20.8 Å². The van der Waals surface area contributed by atoms with E-state index in [0.717, 1.165) is 38.8 Å². The third kappa shape index (κ3) is 16.7. The molecule has 1 amide bonds. The van der Waals surface area contributed by atoms with Crippen molar-refractivity contribution in [1.29, 1.82) is 0 Å². The van der Waals surface area contributed by atoms with Crippen LogP contribution in [0.5, 0.6) is 0 Å². The maximum Gasteiger partial charge on any atom is 0.409 e. The lowest BCUT2D eigenvalue weighted by atomic mass is 10.1. The monoisotopic (exact) mass is 369 g/mol. The van der Waals surface area contributed by atoms with E-state index in [0.29, 0.717) is 6.61 Å². The van der Waals surface area contributed by atoms with Crippen molar-refractivity contribution in [2.24, 2.45) is 0 Å². The van der Waals surface area contributed by atoms with Gasteiger partial charge in [0, 0.05) is 13.1 Å². The SMILES string of the molecule is CCCCCCCCCN(CCCCCCCCC)C(=O)OCCCC. The zero-order valence-electron chi connectivity index (χ0n) is 18.2. The first-order valence-electron chi connectivity index (χ1n) is 11.7. The van der Waals surface area contributed by atoms with Crippen LogP contribution in [0, 0.1) is 0 Å². The van der Waals surface area contributed by atoms with Gasteiger partial charge in [-0.3, -0.25) is 0 Å². The van der Waals surface area contributed by atoms with E-state index in [9.17, 15) is 4.79 Å². The molecule has 0 unspecified atom stereocenters. The van der Waals surface area contributed by atoms with Crippen LogP contribution in [0.1, 0.15) is 124 Å². The van der Waals surface area contributed by atoms with Gasteiger partial charge in [0.2, 0.25) is 0 Å². The predicted octanol–water partition coefficient (Wildman–Crippen LogP) is 7.73. The molecule has 0 saturated carbocycles. The quantitative estimate of drug-likeness (QED) is 0.218. The maximum atomic E-state index is 12.3. The lowest BCUT2D eigenvalue weighted by Gasteiger charge is -2.22. The summed E-state index contributed by atoms with van der Waals surface area (Å²) in [6.07, 6.45) is 20.0. The van der Waals surface area contributed by atoms with Crippen LogP contribution < -0.4 is 0 Å². The van der Waals surface area contributed by atoms with Crippen molar-refractivity contribution >= 4 is 6.09 Å². The average molecular weight is 370 g/mol. The minimum atomic E-state index is -0.0876. The van der Waals surface area contributed by atoms with Crippen LogP contribution in [0.3, 0.4) is 0 Å². The fraction of sp³-hybridized carbons (Fsp3) is 0.957. The predicted molar refractivity (Wildman–Crippen MR) is 114 cm³/mol. The highest BCUT2D eigenvalue weighted by atomic mass is 16.6. The molecule has 0 aromatic carbocycles. The molecule has 0 aliphatic rings. The summed E-state index contributed by atoms with van der Waals surface area (Å²) in [6.45, 7) is 8.95. The number of carbonyl (C=O) groups excluding carboxylic acids is 1. The van der Waals surface area contributed by atoms with Gasteiger partial charge in [-0.1, -0.05) is 104 Å². The molecular formula is C23H47NO2. The second-order valence-corrected chi connectivity index (χ2v) is 7.70. The third-order valence-corrected chi connectivity index (χ3v) is 5.04. The largest absolute Gasteiger partial charge is 0.449 e. The highest BCUT2D eigenvalue weighted by Gasteiger charge is 2.13. The van der Waals surface area contributed by atoms with Crippen LogP contribution in [0.2, 0.25) is 0 Å². The molecular weight excluding hydrogens is 322 g/mol. The summed E-state index contributed by atoms with van der Waals surface area (Å²) in [5, 5.41) is 0. The Hall–Kier alpha value is -0.730. The molecule has 0 spiro atoms. The Balaban J connectivity index is 3.95. The standard InChI is InChI=1S/C23H47NO2/c1-4-7-10-12-14-16-18-20-24(23(25)26-22-9-6-3)21-19-17-15-13-11-8-5-2/h4-22H2,1-3H3. The fourth-order valence-electron chi connectivity index (χ4n) is 3.21. The van der Waals surface area contributed by atoms with Gasteiger partial charge in [-0.05, 0) is 19.3 Å². The Bertz CT molecular complexity index is 276. The van der Waals surface area contributed by atoms with Gasteiger partial charge in [-0.15, -0.1) is 0 Å². The third-order valence-electron chi connectivity index (χ3n) is 5.04. The molecule has 0 heterocycles. The van der Waals surface area contributed by atoms with E-state index in [4.69, 9.17) is 4.74 Å². The van der Waals surface area contributed by atoms with Gasteiger partial charge in [0.1, 0.15) is 0 Å². The van der Waals surface area contributed by atoms with Gasteiger partial charge in [-0.2, -0.15) is 0 Å². The van der Waals surface area contributed by atoms with E-state index in [1.165, 1.54) is 77.0 Å². The van der Waals surface area contributed by atoms with Gasteiger partial charge in [0.15, 0.2) is 0 Å². The van der Waals surface area contributed by atoms with Crippen molar-refractivity contribution in [3.05, 3.63) is 0 Å². The maximum absolute atomic E-state index is 12.3. The minimum absolute atomic E-state index is 0.0876. The second-order valence-electron chi connectivity index (χ2n) is 7.70. The van der Waals surface area contributed by atoms with Gasteiger partial charge < -0.3 is 9.64 Å². The zero-order chi connectivity index (χ0) is 19.3. The summed E-state index contributed by atoms with van der Waals surface area (Å²) in [5.74, 6) is 0. The summed E-state index contributed by atoms with van der Waals surface area (Å²) in [7, 11) is 0. The Labute approximate surface area is 164 Å². The van der Waals surface area contributed by atoms with Crippen molar-refractivity contribution in [3.8, 4) is 0 Å². The first-order chi connectivity index (χ1) is 12.8. The second kappa shape index (κ2) is 20.6. The summed E-state index contributed by atoms with van der Waals surface area (Å²) in [4.78, 5) is 14.3. The van der Waals surface area contributed by atoms with Crippen molar-refractivity contribution in [2.45, 2.75) is 124 Å². The van der Waals surface area contributed by atoms with Crippen LogP contribution in [0.25, 0.3) is 0 Å². The van der Waals surface area contributed by atoms with Gasteiger partial charge in [0.05, 0.1) is 6.61 Å².